The second-order valence-corrected chi connectivity index (χ2v) is 4.74. The average Bonchev–Trinajstić information content (AvgIpc) is 2.32. The van der Waals surface area contributed by atoms with Crippen LogP contribution in [0, 0.1) is 5.92 Å². The van der Waals surface area contributed by atoms with Crippen LogP contribution in [0.25, 0.3) is 0 Å². The highest BCUT2D eigenvalue weighted by molar-refractivity contribution is 5.87. The van der Waals surface area contributed by atoms with E-state index in [0.717, 1.165) is 6.42 Å². The van der Waals surface area contributed by atoms with Crippen molar-refractivity contribution in [3.05, 3.63) is 0 Å². The first-order valence-corrected chi connectivity index (χ1v) is 6.20. The van der Waals surface area contributed by atoms with E-state index in [1.54, 1.807) is 7.11 Å². The van der Waals surface area contributed by atoms with Gasteiger partial charge in [-0.2, -0.15) is 0 Å². The fourth-order valence-electron chi connectivity index (χ4n) is 1.28. The summed E-state index contributed by atoms with van der Waals surface area (Å²) < 4.78 is 4.91. The Hall–Kier alpha value is -1.14. The smallest absolute Gasteiger partial charge is 0.239 e. The third kappa shape index (κ3) is 7.24. The number of nitrogens with one attached hydrogen (secondary N) is 2. The molecule has 0 spiro atoms. The van der Waals surface area contributed by atoms with Crippen LogP contribution in [0.1, 0.15) is 27.2 Å². The van der Waals surface area contributed by atoms with Crippen molar-refractivity contribution in [2.45, 2.75) is 39.3 Å². The van der Waals surface area contributed by atoms with E-state index in [1.165, 1.54) is 0 Å². The summed E-state index contributed by atoms with van der Waals surface area (Å²) in [5.41, 5.74) is 5.65. The van der Waals surface area contributed by atoms with Crippen LogP contribution in [0.4, 0.5) is 0 Å². The number of methoxy groups -OCH3 is 1. The molecule has 2 atom stereocenters. The third-order valence-corrected chi connectivity index (χ3v) is 2.61. The molecule has 0 radical (unpaired) electrons. The lowest BCUT2D eigenvalue weighted by Gasteiger charge is -2.16. The highest BCUT2D eigenvalue weighted by Crippen LogP contribution is 1.97. The highest BCUT2D eigenvalue weighted by Gasteiger charge is 2.17. The zero-order valence-electron chi connectivity index (χ0n) is 11.7. The molecular weight excluding hydrogens is 234 g/mol. The number of hydrogen-bond donors (Lipinski definition) is 3. The van der Waals surface area contributed by atoms with Crippen LogP contribution in [-0.2, 0) is 14.3 Å². The van der Waals surface area contributed by atoms with Gasteiger partial charge in [-0.1, -0.05) is 13.8 Å². The van der Waals surface area contributed by atoms with E-state index in [1.807, 2.05) is 20.8 Å². The number of amides is 2. The number of ether oxygens (including phenoxy) is 1. The summed E-state index contributed by atoms with van der Waals surface area (Å²) in [6, 6.07) is -0.558. The summed E-state index contributed by atoms with van der Waals surface area (Å²) in [7, 11) is 1.61. The quantitative estimate of drug-likeness (QED) is 0.554. The maximum atomic E-state index is 11.5. The van der Waals surface area contributed by atoms with Crippen LogP contribution in [0.15, 0.2) is 0 Å². The molecular formula is C12H25N3O3. The molecule has 0 rings (SSSR count). The number of carbonyl (C=O) groups excluding carboxylic acids is 2. The van der Waals surface area contributed by atoms with Crippen LogP contribution < -0.4 is 16.4 Å². The number of rotatable bonds is 8. The SMILES string of the molecule is COCCC(C)NC(=O)CNC(=O)[C@@H](N)C(C)C. The van der Waals surface area contributed by atoms with Gasteiger partial charge in [-0.3, -0.25) is 9.59 Å². The number of carbonyl (C=O) groups is 2. The fourth-order valence-corrected chi connectivity index (χ4v) is 1.28. The normalized spacial score (nSPS) is 14.1. The molecule has 0 aliphatic heterocycles. The van der Waals surface area contributed by atoms with Crippen molar-refractivity contribution in [2.24, 2.45) is 11.7 Å². The van der Waals surface area contributed by atoms with Crippen molar-refractivity contribution >= 4 is 11.8 Å². The molecule has 0 saturated carbocycles. The highest BCUT2D eigenvalue weighted by atomic mass is 16.5. The van der Waals surface area contributed by atoms with Gasteiger partial charge in [-0.25, -0.2) is 0 Å². The van der Waals surface area contributed by atoms with Gasteiger partial charge in [0, 0.05) is 19.8 Å². The standard InChI is InChI=1S/C12H25N3O3/c1-8(2)11(13)12(17)14-7-10(16)15-9(3)5-6-18-4/h8-9,11H,5-7,13H2,1-4H3,(H,14,17)(H,15,16)/t9?,11-/m0/s1. The molecule has 0 bridgehead atoms. The molecule has 1 unspecified atom stereocenters. The van der Waals surface area contributed by atoms with Crippen LogP contribution >= 0.6 is 0 Å². The molecule has 4 N–H and O–H groups in total. The zero-order chi connectivity index (χ0) is 14.1. The van der Waals surface area contributed by atoms with Gasteiger partial charge >= 0.3 is 0 Å². The van der Waals surface area contributed by atoms with E-state index in [-0.39, 0.29) is 30.3 Å². The minimum Gasteiger partial charge on any atom is -0.385 e. The van der Waals surface area contributed by atoms with Gasteiger partial charge in [-0.15, -0.1) is 0 Å². The van der Waals surface area contributed by atoms with Crippen molar-refractivity contribution in [3.8, 4) is 0 Å². The van der Waals surface area contributed by atoms with Crippen molar-refractivity contribution in [2.75, 3.05) is 20.3 Å². The minimum atomic E-state index is -0.580. The number of hydrogen-bond acceptors (Lipinski definition) is 4. The lowest BCUT2D eigenvalue weighted by Crippen LogP contribution is -2.48. The summed E-state index contributed by atoms with van der Waals surface area (Å²) in [5.74, 6) is -0.471. The molecule has 2 amide bonds. The first kappa shape index (κ1) is 16.9. The molecule has 0 aromatic rings. The monoisotopic (exact) mass is 259 g/mol. The minimum absolute atomic E-state index is 0.0214. The van der Waals surface area contributed by atoms with Crippen molar-refractivity contribution in [1.82, 2.24) is 10.6 Å². The summed E-state index contributed by atoms with van der Waals surface area (Å²) in [4.78, 5) is 23.0. The summed E-state index contributed by atoms with van der Waals surface area (Å²) in [6.45, 7) is 6.15. The van der Waals surface area contributed by atoms with Crippen LogP contribution in [-0.4, -0.2) is 44.2 Å². The third-order valence-electron chi connectivity index (χ3n) is 2.61. The van der Waals surface area contributed by atoms with E-state index in [4.69, 9.17) is 10.5 Å². The zero-order valence-corrected chi connectivity index (χ0v) is 11.7. The van der Waals surface area contributed by atoms with E-state index in [9.17, 15) is 9.59 Å². The summed E-state index contributed by atoms with van der Waals surface area (Å²) >= 11 is 0. The topological polar surface area (TPSA) is 93.5 Å². The number of nitrogens with two attached hydrogens (primary N) is 1. The molecule has 0 aliphatic carbocycles. The molecule has 0 aromatic carbocycles. The lowest BCUT2D eigenvalue weighted by molar-refractivity contribution is -0.127. The Morgan fingerprint density at radius 1 is 1.28 bits per heavy atom. The van der Waals surface area contributed by atoms with Gasteiger partial charge in [0.15, 0.2) is 0 Å². The Kier molecular flexibility index (Phi) is 8.32. The van der Waals surface area contributed by atoms with Gasteiger partial charge in [0.2, 0.25) is 11.8 Å². The summed E-state index contributed by atoms with van der Waals surface area (Å²) in [6.07, 6.45) is 0.738. The van der Waals surface area contributed by atoms with E-state index in [0.29, 0.717) is 6.61 Å². The predicted molar refractivity (Wildman–Crippen MR) is 69.9 cm³/mol. The molecule has 0 aromatic heterocycles. The first-order valence-electron chi connectivity index (χ1n) is 6.20. The van der Waals surface area contributed by atoms with Crippen molar-refractivity contribution < 1.29 is 14.3 Å². The molecule has 0 aliphatic rings. The molecule has 0 heterocycles. The fraction of sp³-hybridized carbons (Fsp3) is 0.833. The second-order valence-electron chi connectivity index (χ2n) is 4.74. The van der Waals surface area contributed by atoms with Gasteiger partial charge < -0.3 is 21.1 Å². The van der Waals surface area contributed by atoms with Crippen LogP contribution in [0.3, 0.4) is 0 Å². The molecule has 6 heteroatoms. The molecule has 6 nitrogen and oxygen atoms in total. The molecule has 0 saturated heterocycles. The maximum absolute atomic E-state index is 11.5. The second kappa shape index (κ2) is 8.88. The summed E-state index contributed by atoms with van der Waals surface area (Å²) in [5, 5.41) is 5.28. The first-order chi connectivity index (χ1) is 8.38. The Labute approximate surface area is 109 Å². The van der Waals surface area contributed by atoms with Crippen molar-refractivity contribution in [1.29, 1.82) is 0 Å². The van der Waals surface area contributed by atoms with Crippen LogP contribution in [0.2, 0.25) is 0 Å². The molecule has 18 heavy (non-hydrogen) atoms. The molecule has 106 valence electrons. The Morgan fingerprint density at radius 2 is 1.89 bits per heavy atom. The van der Waals surface area contributed by atoms with Crippen molar-refractivity contribution in [3.63, 3.8) is 0 Å². The van der Waals surface area contributed by atoms with E-state index in [2.05, 4.69) is 10.6 Å². The maximum Gasteiger partial charge on any atom is 0.239 e. The van der Waals surface area contributed by atoms with Gasteiger partial charge in [0.25, 0.3) is 0 Å². The van der Waals surface area contributed by atoms with Gasteiger partial charge in [-0.05, 0) is 19.3 Å². The Bertz CT molecular complexity index is 269. The Morgan fingerprint density at radius 3 is 2.39 bits per heavy atom. The van der Waals surface area contributed by atoms with Gasteiger partial charge in [0.05, 0.1) is 12.6 Å². The van der Waals surface area contributed by atoms with Gasteiger partial charge in [0.1, 0.15) is 0 Å². The van der Waals surface area contributed by atoms with E-state index >= 15 is 0 Å². The van der Waals surface area contributed by atoms with E-state index < -0.39 is 6.04 Å². The lowest BCUT2D eigenvalue weighted by atomic mass is 10.1. The Balaban J connectivity index is 3.86. The molecule has 0 fully saturated rings. The average molecular weight is 259 g/mol. The predicted octanol–water partition coefficient (Wildman–Crippen LogP) is -0.373. The van der Waals surface area contributed by atoms with Crippen LogP contribution in [0.5, 0.6) is 0 Å². The largest absolute Gasteiger partial charge is 0.385 e.